The number of rotatable bonds is 3. The van der Waals surface area contributed by atoms with Gasteiger partial charge in [-0.25, -0.2) is 0 Å². The Morgan fingerprint density at radius 2 is 2.19 bits per heavy atom. The number of hydrogen-bond donors (Lipinski definition) is 0. The van der Waals surface area contributed by atoms with Gasteiger partial charge in [0.25, 0.3) is 0 Å². The Morgan fingerprint density at radius 3 is 3.05 bits per heavy atom. The first-order valence-electron chi connectivity index (χ1n) is 7.39. The SMILES string of the molecule is CN1CCCN(CC(=O)c2ccc3c(c2)CCO3)CC1=O. The number of ether oxygens (including phenoxy) is 1. The van der Waals surface area contributed by atoms with Crippen LogP contribution in [-0.2, 0) is 11.2 Å². The van der Waals surface area contributed by atoms with Gasteiger partial charge in [-0.05, 0) is 30.2 Å². The minimum absolute atomic E-state index is 0.0713. The lowest BCUT2D eigenvalue weighted by molar-refractivity contribution is -0.129. The van der Waals surface area contributed by atoms with Gasteiger partial charge in [-0.3, -0.25) is 14.5 Å². The van der Waals surface area contributed by atoms with Crippen molar-refractivity contribution in [2.24, 2.45) is 0 Å². The molecular weight excluding hydrogens is 268 g/mol. The molecule has 0 radical (unpaired) electrons. The first kappa shape index (κ1) is 14.1. The highest BCUT2D eigenvalue weighted by molar-refractivity contribution is 5.98. The molecule has 1 fully saturated rings. The lowest BCUT2D eigenvalue weighted by atomic mass is 10.1. The molecule has 1 amide bonds. The Labute approximate surface area is 124 Å². The fourth-order valence-corrected chi connectivity index (χ4v) is 2.84. The van der Waals surface area contributed by atoms with E-state index < -0.39 is 0 Å². The van der Waals surface area contributed by atoms with Crippen molar-refractivity contribution in [2.75, 3.05) is 39.8 Å². The van der Waals surface area contributed by atoms with Gasteiger partial charge in [-0.15, -0.1) is 0 Å². The van der Waals surface area contributed by atoms with Gasteiger partial charge < -0.3 is 9.64 Å². The molecule has 1 aromatic rings. The van der Waals surface area contributed by atoms with Crippen LogP contribution in [0.5, 0.6) is 5.75 Å². The van der Waals surface area contributed by atoms with E-state index in [0.717, 1.165) is 37.2 Å². The first-order valence-corrected chi connectivity index (χ1v) is 7.39. The molecule has 2 aliphatic heterocycles. The first-order chi connectivity index (χ1) is 10.1. The highest BCUT2D eigenvalue weighted by Crippen LogP contribution is 2.26. The van der Waals surface area contributed by atoms with Crippen LogP contribution in [0.15, 0.2) is 18.2 Å². The number of hydrogen-bond acceptors (Lipinski definition) is 4. The number of nitrogens with zero attached hydrogens (tertiary/aromatic N) is 2. The number of likely N-dealkylation sites (N-methyl/N-ethyl adjacent to an activating group) is 1. The molecule has 5 heteroatoms. The summed E-state index contributed by atoms with van der Waals surface area (Å²) >= 11 is 0. The smallest absolute Gasteiger partial charge is 0.236 e. The molecule has 0 unspecified atom stereocenters. The molecule has 1 saturated heterocycles. The highest BCUT2D eigenvalue weighted by Gasteiger charge is 2.22. The Balaban J connectivity index is 1.67. The summed E-state index contributed by atoms with van der Waals surface area (Å²) in [5, 5.41) is 0. The molecular formula is C16H20N2O3. The van der Waals surface area contributed by atoms with E-state index in [9.17, 15) is 9.59 Å². The topological polar surface area (TPSA) is 49.9 Å². The zero-order chi connectivity index (χ0) is 14.8. The average Bonchev–Trinajstić information content (AvgIpc) is 2.87. The standard InChI is InChI=1S/C16H20N2O3/c1-17-6-2-7-18(11-16(17)20)10-14(19)12-3-4-15-13(9-12)5-8-21-15/h3-4,9H,2,5-8,10-11H2,1H3. The quantitative estimate of drug-likeness (QED) is 0.778. The largest absolute Gasteiger partial charge is 0.493 e. The zero-order valence-electron chi connectivity index (χ0n) is 12.3. The maximum Gasteiger partial charge on any atom is 0.236 e. The minimum atomic E-state index is 0.0713. The fourth-order valence-electron chi connectivity index (χ4n) is 2.84. The van der Waals surface area contributed by atoms with Crippen LogP contribution in [0.2, 0.25) is 0 Å². The second-order valence-electron chi connectivity index (χ2n) is 5.72. The van der Waals surface area contributed by atoms with Gasteiger partial charge in [-0.2, -0.15) is 0 Å². The predicted molar refractivity (Wildman–Crippen MR) is 78.7 cm³/mol. The molecule has 2 heterocycles. The minimum Gasteiger partial charge on any atom is -0.493 e. The molecule has 0 atom stereocenters. The van der Waals surface area contributed by atoms with Gasteiger partial charge in [0.15, 0.2) is 5.78 Å². The molecule has 0 bridgehead atoms. The lowest BCUT2D eigenvalue weighted by Gasteiger charge is -2.18. The molecule has 0 aromatic heterocycles. The third-order valence-electron chi connectivity index (χ3n) is 4.13. The van der Waals surface area contributed by atoms with Gasteiger partial charge in [0.1, 0.15) is 5.75 Å². The predicted octanol–water partition coefficient (Wildman–Crippen LogP) is 0.968. The molecule has 0 aliphatic carbocycles. The number of ketones is 1. The third kappa shape index (κ3) is 3.08. The summed E-state index contributed by atoms with van der Waals surface area (Å²) < 4.78 is 5.45. The number of amides is 1. The van der Waals surface area contributed by atoms with E-state index in [1.165, 1.54) is 0 Å². The van der Waals surface area contributed by atoms with E-state index in [1.807, 2.05) is 30.1 Å². The lowest BCUT2D eigenvalue weighted by Crippen LogP contribution is -2.37. The molecule has 112 valence electrons. The van der Waals surface area contributed by atoms with Crippen LogP contribution in [0.4, 0.5) is 0 Å². The number of carbonyl (C=O) groups excluding carboxylic acids is 2. The second kappa shape index (κ2) is 5.85. The van der Waals surface area contributed by atoms with Crippen LogP contribution in [-0.4, -0.2) is 61.3 Å². The van der Waals surface area contributed by atoms with Gasteiger partial charge in [-0.1, -0.05) is 0 Å². The van der Waals surface area contributed by atoms with Crippen molar-refractivity contribution in [1.29, 1.82) is 0 Å². The maximum atomic E-state index is 12.4. The van der Waals surface area contributed by atoms with Crippen molar-refractivity contribution in [2.45, 2.75) is 12.8 Å². The summed E-state index contributed by atoms with van der Waals surface area (Å²) in [6.07, 6.45) is 1.77. The van der Waals surface area contributed by atoms with Gasteiger partial charge in [0, 0.05) is 32.1 Å². The summed E-state index contributed by atoms with van der Waals surface area (Å²) in [5.41, 5.74) is 1.82. The summed E-state index contributed by atoms with van der Waals surface area (Å²) in [4.78, 5) is 27.9. The molecule has 21 heavy (non-hydrogen) atoms. The van der Waals surface area contributed by atoms with E-state index in [1.54, 1.807) is 4.90 Å². The number of carbonyl (C=O) groups is 2. The molecule has 1 aromatic carbocycles. The van der Waals surface area contributed by atoms with Gasteiger partial charge in [0.2, 0.25) is 5.91 Å². The summed E-state index contributed by atoms with van der Waals surface area (Å²) in [5.74, 6) is 1.04. The zero-order valence-corrected chi connectivity index (χ0v) is 12.3. The van der Waals surface area contributed by atoms with E-state index in [0.29, 0.717) is 25.3 Å². The Hall–Kier alpha value is -1.88. The van der Waals surface area contributed by atoms with Gasteiger partial charge in [0.05, 0.1) is 19.7 Å². The van der Waals surface area contributed by atoms with Crippen LogP contribution in [0.1, 0.15) is 22.3 Å². The van der Waals surface area contributed by atoms with E-state index in [-0.39, 0.29) is 11.7 Å². The normalized spacial score (nSPS) is 19.1. The average molecular weight is 288 g/mol. The summed E-state index contributed by atoms with van der Waals surface area (Å²) in [6, 6.07) is 5.62. The van der Waals surface area contributed by atoms with Gasteiger partial charge >= 0.3 is 0 Å². The molecule has 0 saturated carbocycles. The second-order valence-corrected chi connectivity index (χ2v) is 5.72. The van der Waals surface area contributed by atoms with Crippen molar-refractivity contribution in [1.82, 2.24) is 9.80 Å². The van der Waals surface area contributed by atoms with E-state index in [4.69, 9.17) is 4.74 Å². The molecule has 3 rings (SSSR count). The summed E-state index contributed by atoms with van der Waals surface area (Å²) in [6.45, 7) is 2.88. The molecule has 2 aliphatic rings. The third-order valence-corrected chi connectivity index (χ3v) is 4.13. The van der Waals surface area contributed by atoms with Crippen LogP contribution in [0, 0.1) is 0 Å². The Kier molecular flexibility index (Phi) is 3.92. The number of benzene rings is 1. The van der Waals surface area contributed by atoms with Crippen molar-refractivity contribution < 1.29 is 14.3 Å². The summed E-state index contributed by atoms with van der Waals surface area (Å²) in [7, 11) is 1.81. The molecule has 0 N–H and O–H groups in total. The van der Waals surface area contributed by atoms with Crippen molar-refractivity contribution >= 4 is 11.7 Å². The Bertz CT molecular complexity index is 571. The van der Waals surface area contributed by atoms with E-state index >= 15 is 0 Å². The maximum absolute atomic E-state index is 12.4. The van der Waals surface area contributed by atoms with Crippen LogP contribution in [0.3, 0.4) is 0 Å². The van der Waals surface area contributed by atoms with Crippen LogP contribution >= 0.6 is 0 Å². The van der Waals surface area contributed by atoms with E-state index in [2.05, 4.69) is 0 Å². The van der Waals surface area contributed by atoms with Crippen molar-refractivity contribution in [3.8, 4) is 5.75 Å². The molecule has 5 nitrogen and oxygen atoms in total. The van der Waals surface area contributed by atoms with Crippen LogP contribution < -0.4 is 4.74 Å². The number of Topliss-reactive ketones (excluding diaryl/α,β-unsaturated/α-hetero) is 1. The van der Waals surface area contributed by atoms with Crippen molar-refractivity contribution in [3.05, 3.63) is 29.3 Å². The molecule has 0 spiro atoms. The van der Waals surface area contributed by atoms with Crippen LogP contribution in [0.25, 0.3) is 0 Å². The fraction of sp³-hybridized carbons (Fsp3) is 0.500. The Morgan fingerprint density at radius 1 is 1.33 bits per heavy atom. The number of fused-ring (bicyclic) bond motifs is 1. The highest BCUT2D eigenvalue weighted by atomic mass is 16.5. The van der Waals surface area contributed by atoms with Crippen molar-refractivity contribution in [3.63, 3.8) is 0 Å². The monoisotopic (exact) mass is 288 g/mol.